The molecule has 0 saturated carbocycles. The second-order valence-electron chi connectivity index (χ2n) is 5.79. The SMILES string of the molecule is Cc1ccccc1CN(CC#N)C[Si](C)(C)C. The van der Waals surface area contributed by atoms with Crippen LogP contribution in [0.4, 0.5) is 0 Å². The Hall–Kier alpha value is -1.11. The summed E-state index contributed by atoms with van der Waals surface area (Å²) in [6.07, 6.45) is 1.08. The summed E-state index contributed by atoms with van der Waals surface area (Å²) in [7, 11) is -1.15. The van der Waals surface area contributed by atoms with Crippen molar-refractivity contribution < 1.29 is 0 Å². The Morgan fingerprint density at radius 2 is 1.88 bits per heavy atom. The molecule has 2 nitrogen and oxygen atoms in total. The monoisotopic (exact) mass is 246 g/mol. The Bertz CT molecular complexity index is 401. The van der Waals surface area contributed by atoms with Crippen molar-refractivity contribution in [3.63, 3.8) is 0 Å². The topological polar surface area (TPSA) is 27.0 Å². The van der Waals surface area contributed by atoms with E-state index in [-0.39, 0.29) is 0 Å². The van der Waals surface area contributed by atoms with Gasteiger partial charge in [-0.05, 0) is 24.2 Å². The maximum Gasteiger partial charge on any atom is 0.0866 e. The largest absolute Gasteiger partial charge is 0.289 e. The summed E-state index contributed by atoms with van der Waals surface area (Å²) in [6, 6.07) is 10.7. The van der Waals surface area contributed by atoms with E-state index in [0.717, 1.165) is 12.7 Å². The normalized spacial score (nSPS) is 11.5. The lowest BCUT2D eigenvalue weighted by Gasteiger charge is -2.27. The van der Waals surface area contributed by atoms with Crippen molar-refractivity contribution in [1.82, 2.24) is 4.90 Å². The Kier molecular flexibility index (Phi) is 4.92. The number of nitriles is 1. The van der Waals surface area contributed by atoms with Gasteiger partial charge < -0.3 is 0 Å². The molecule has 1 rings (SSSR count). The zero-order chi connectivity index (χ0) is 12.9. The maximum absolute atomic E-state index is 8.90. The third-order valence-electron chi connectivity index (χ3n) is 2.65. The van der Waals surface area contributed by atoms with Gasteiger partial charge in [0.15, 0.2) is 0 Å². The van der Waals surface area contributed by atoms with E-state index in [1.165, 1.54) is 11.1 Å². The van der Waals surface area contributed by atoms with E-state index in [0.29, 0.717) is 6.54 Å². The third kappa shape index (κ3) is 5.16. The summed E-state index contributed by atoms with van der Waals surface area (Å²) in [4.78, 5) is 2.27. The molecule has 0 saturated heterocycles. The first-order valence-electron chi connectivity index (χ1n) is 6.06. The highest BCUT2D eigenvalue weighted by Gasteiger charge is 2.18. The number of nitrogens with zero attached hydrogens (tertiary/aromatic N) is 2. The molecule has 0 fully saturated rings. The molecule has 0 bridgehead atoms. The minimum absolute atomic E-state index is 0.526. The smallest absolute Gasteiger partial charge is 0.0866 e. The van der Waals surface area contributed by atoms with Gasteiger partial charge in [-0.3, -0.25) is 4.90 Å². The summed E-state index contributed by atoms with van der Waals surface area (Å²) >= 11 is 0. The summed E-state index contributed by atoms with van der Waals surface area (Å²) in [5.41, 5.74) is 2.65. The fraction of sp³-hybridized carbons (Fsp3) is 0.500. The van der Waals surface area contributed by atoms with Crippen molar-refractivity contribution in [2.24, 2.45) is 0 Å². The van der Waals surface area contributed by atoms with E-state index >= 15 is 0 Å². The summed E-state index contributed by atoms with van der Waals surface area (Å²) in [6.45, 7) is 10.6. The van der Waals surface area contributed by atoms with E-state index in [1.54, 1.807) is 0 Å². The van der Waals surface area contributed by atoms with Crippen molar-refractivity contribution in [2.75, 3.05) is 12.7 Å². The molecule has 0 amide bonds. The number of aryl methyl sites for hydroxylation is 1. The first-order chi connectivity index (χ1) is 7.92. The Balaban J connectivity index is 2.74. The standard InChI is InChI=1S/C14H22N2Si/c1-13-7-5-6-8-14(13)11-16(10-9-15)12-17(2,3)4/h5-8H,10-12H2,1-4H3. The molecule has 17 heavy (non-hydrogen) atoms. The van der Waals surface area contributed by atoms with Crippen LogP contribution >= 0.6 is 0 Å². The van der Waals surface area contributed by atoms with Gasteiger partial charge in [0.05, 0.1) is 20.7 Å². The van der Waals surface area contributed by atoms with Gasteiger partial charge in [0.2, 0.25) is 0 Å². The maximum atomic E-state index is 8.90. The average Bonchev–Trinajstić information content (AvgIpc) is 2.19. The molecule has 0 aromatic heterocycles. The molecule has 0 spiro atoms. The zero-order valence-electron chi connectivity index (χ0n) is 11.3. The minimum atomic E-state index is -1.15. The van der Waals surface area contributed by atoms with Gasteiger partial charge in [0.25, 0.3) is 0 Å². The quantitative estimate of drug-likeness (QED) is 0.589. The average molecular weight is 246 g/mol. The Morgan fingerprint density at radius 1 is 1.24 bits per heavy atom. The summed E-state index contributed by atoms with van der Waals surface area (Å²) in [5.74, 6) is 0. The molecule has 1 aromatic rings. The van der Waals surface area contributed by atoms with Gasteiger partial charge in [-0.1, -0.05) is 43.9 Å². The van der Waals surface area contributed by atoms with Crippen LogP contribution in [0.2, 0.25) is 19.6 Å². The molecule has 3 heteroatoms. The lowest BCUT2D eigenvalue weighted by molar-refractivity contribution is 0.341. The number of hydrogen-bond acceptors (Lipinski definition) is 2. The highest BCUT2D eigenvalue weighted by molar-refractivity contribution is 6.76. The van der Waals surface area contributed by atoms with E-state index in [1.807, 2.05) is 0 Å². The molecule has 0 heterocycles. The van der Waals surface area contributed by atoms with Gasteiger partial charge in [-0.2, -0.15) is 5.26 Å². The molecule has 0 N–H and O–H groups in total. The van der Waals surface area contributed by atoms with Gasteiger partial charge in [-0.25, -0.2) is 0 Å². The first kappa shape index (κ1) is 13.9. The lowest BCUT2D eigenvalue weighted by atomic mass is 10.1. The van der Waals surface area contributed by atoms with Crippen molar-refractivity contribution >= 4 is 8.07 Å². The van der Waals surface area contributed by atoms with Crippen LogP contribution in [0.1, 0.15) is 11.1 Å². The Morgan fingerprint density at radius 3 is 2.41 bits per heavy atom. The molecule has 0 aliphatic carbocycles. The van der Waals surface area contributed by atoms with Crippen LogP contribution < -0.4 is 0 Å². The number of hydrogen-bond donors (Lipinski definition) is 0. The van der Waals surface area contributed by atoms with Gasteiger partial charge in [-0.15, -0.1) is 0 Å². The predicted octanol–water partition coefficient (Wildman–Crippen LogP) is 3.20. The molecule has 0 aliphatic heterocycles. The van der Waals surface area contributed by atoms with E-state index in [9.17, 15) is 0 Å². The second-order valence-corrected chi connectivity index (χ2v) is 11.2. The molecule has 0 unspecified atom stereocenters. The van der Waals surface area contributed by atoms with Crippen LogP contribution in [0.15, 0.2) is 24.3 Å². The highest BCUT2D eigenvalue weighted by Crippen LogP contribution is 2.12. The van der Waals surface area contributed by atoms with Crippen LogP contribution in [0.25, 0.3) is 0 Å². The molecular weight excluding hydrogens is 224 g/mol. The van der Waals surface area contributed by atoms with Crippen LogP contribution in [-0.2, 0) is 6.54 Å². The minimum Gasteiger partial charge on any atom is -0.289 e. The third-order valence-corrected chi connectivity index (χ3v) is 4.04. The van der Waals surface area contributed by atoms with Crippen LogP contribution in [0.3, 0.4) is 0 Å². The van der Waals surface area contributed by atoms with Gasteiger partial charge >= 0.3 is 0 Å². The molecule has 92 valence electrons. The summed E-state index contributed by atoms with van der Waals surface area (Å²) < 4.78 is 0. The Labute approximate surface area is 106 Å². The fourth-order valence-electron chi connectivity index (χ4n) is 1.97. The van der Waals surface area contributed by atoms with Gasteiger partial charge in [0.1, 0.15) is 0 Å². The molecule has 0 aliphatic rings. The molecule has 1 aromatic carbocycles. The van der Waals surface area contributed by atoms with Crippen molar-refractivity contribution in [3.8, 4) is 6.07 Å². The summed E-state index contributed by atoms with van der Waals surface area (Å²) in [5, 5.41) is 8.90. The van der Waals surface area contributed by atoms with Crippen LogP contribution in [-0.4, -0.2) is 25.7 Å². The van der Waals surface area contributed by atoms with Gasteiger partial charge in [0, 0.05) is 6.54 Å². The zero-order valence-corrected chi connectivity index (χ0v) is 12.3. The molecular formula is C14H22N2Si. The van der Waals surface area contributed by atoms with E-state index in [4.69, 9.17) is 5.26 Å². The van der Waals surface area contributed by atoms with E-state index in [2.05, 4.69) is 61.8 Å². The highest BCUT2D eigenvalue weighted by atomic mass is 28.3. The van der Waals surface area contributed by atoms with Crippen molar-refractivity contribution in [1.29, 1.82) is 5.26 Å². The number of benzene rings is 1. The fourth-order valence-corrected chi connectivity index (χ4v) is 3.53. The number of rotatable bonds is 5. The second kappa shape index (κ2) is 5.99. The first-order valence-corrected chi connectivity index (χ1v) is 9.77. The van der Waals surface area contributed by atoms with Crippen LogP contribution in [0.5, 0.6) is 0 Å². The van der Waals surface area contributed by atoms with E-state index < -0.39 is 8.07 Å². The lowest BCUT2D eigenvalue weighted by Crippen LogP contribution is -2.40. The predicted molar refractivity (Wildman–Crippen MR) is 75.4 cm³/mol. The van der Waals surface area contributed by atoms with Crippen molar-refractivity contribution in [3.05, 3.63) is 35.4 Å². The molecule has 0 atom stereocenters. The van der Waals surface area contributed by atoms with Crippen molar-refractivity contribution in [2.45, 2.75) is 33.1 Å². The van der Waals surface area contributed by atoms with Crippen LogP contribution in [0, 0.1) is 18.3 Å². The molecule has 0 radical (unpaired) electrons.